The summed E-state index contributed by atoms with van der Waals surface area (Å²) in [5.41, 5.74) is 3.33. The zero-order valence-electron chi connectivity index (χ0n) is 17.7. The molecule has 160 valence electrons. The van der Waals surface area contributed by atoms with Crippen molar-refractivity contribution in [2.24, 2.45) is 0 Å². The van der Waals surface area contributed by atoms with Gasteiger partial charge in [0.1, 0.15) is 5.82 Å². The third-order valence-electron chi connectivity index (χ3n) is 5.69. The second kappa shape index (κ2) is 8.71. The molecule has 0 radical (unpaired) electrons. The Hall–Kier alpha value is -3.48. The monoisotopic (exact) mass is 420 g/mol. The van der Waals surface area contributed by atoms with Gasteiger partial charge in [-0.05, 0) is 56.7 Å². The number of aromatic nitrogens is 2. The molecule has 1 fully saturated rings. The molecule has 1 saturated heterocycles. The van der Waals surface area contributed by atoms with E-state index in [1.54, 1.807) is 28.6 Å². The van der Waals surface area contributed by atoms with Crippen LogP contribution in [0.25, 0.3) is 5.69 Å². The van der Waals surface area contributed by atoms with E-state index >= 15 is 0 Å². The molecule has 0 saturated carbocycles. The normalized spacial score (nSPS) is 14.4. The van der Waals surface area contributed by atoms with Crippen LogP contribution < -0.4 is 4.90 Å². The molecule has 1 aliphatic heterocycles. The molecular formula is C24H25FN4O2. The van der Waals surface area contributed by atoms with E-state index in [-0.39, 0.29) is 5.82 Å². The molecule has 6 nitrogen and oxygen atoms in total. The number of halogens is 1. The fraction of sp³-hybridized carbons (Fsp3) is 0.292. The standard InChI is InChI=1S/C24H25FN4O2/c1-17-22(18(2)29(26-17)21-7-4-3-5-8-21)23(30)24(31)28-14-6-13-27(15-16-28)20-11-9-19(25)10-12-20/h3-5,7-12H,6,13-16H2,1-2H3. The van der Waals surface area contributed by atoms with E-state index in [4.69, 9.17) is 0 Å². The molecule has 2 heterocycles. The highest BCUT2D eigenvalue weighted by Gasteiger charge is 2.30. The van der Waals surface area contributed by atoms with Crippen molar-refractivity contribution >= 4 is 17.4 Å². The van der Waals surface area contributed by atoms with Crippen LogP contribution in [-0.2, 0) is 4.79 Å². The predicted molar refractivity (Wildman–Crippen MR) is 117 cm³/mol. The lowest BCUT2D eigenvalue weighted by atomic mass is 10.1. The molecule has 1 amide bonds. The van der Waals surface area contributed by atoms with Crippen LogP contribution >= 0.6 is 0 Å². The number of amides is 1. The number of rotatable bonds is 4. The molecule has 31 heavy (non-hydrogen) atoms. The van der Waals surface area contributed by atoms with Gasteiger partial charge in [0.25, 0.3) is 11.7 Å². The van der Waals surface area contributed by atoms with Gasteiger partial charge in [0.05, 0.1) is 22.6 Å². The molecule has 4 rings (SSSR count). The van der Waals surface area contributed by atoms with Crippen LogP contribution in [0.1, 0.15) is 28.2 Å². The van der Waals surface area contributed by atoms with Gasteiger partial charge in [-0.2, -0.15) is 5.10 Å². The Bertz CT molecular complexity index is 1090. The number of anilines is 1. The number of carbonyl (C=O) groups is 2. The number of para-hydroxylation sites is 1. The van der Waals surface area contributed by atoms with Crippen LogP contribution in [0.3, 0.4) is 0 Å². The highest BCUT2D eigenvalue weighted by atomic mass is 19.1. The highest BCUT2D eigenvalue weighted by molar-refractivity contribution is 6.43. The van der Waals surface area contributed by atoms with Crippen molar-refractivity contribution in [2.45, 2.75) is 20.3 Å². The van der Waals surface area contributed by atoms with E-state index in [9.17, 15) is 14.0 Å². The van der Waals surface area contributed by atoms with Crippen LogP contribution in [0.15, 0.2) is 54.6 Å². The molecule has 0 spiro atoms. The zero-order valence-corrected chi connectivity index (χ0v) is 17.7. The minimum atomic E-state index is -0.521. The van der Waals surface area contributed by atoms with Gasteiger partial charge >= 0.3 is 0 Å². The number of carbonyl (C=O) groups excluding carboxylic acids is 2. The van der Waals surface area contributed by atoms with Gasteiger partial charge in [-0.25, -0.2) is 9.07 Å². The van der Waals surface area contributed by atoms with Crippen molar-refractivity contribution in [3.63, 3.8) is 0 Å². The molecule has 0 aliphatic carbocycles. The molecule has 1 aromatic heterocycles. The molecular weight excluding hydrogens is 395 g/mol. The first-order valence-electron chi connectivity index (χ1n) is 10.4. The molecule has 7 heteroatoms. The average molecular weight is 420 g/mol. The van der Waals surface area contributed by atoms with E-state index in [1.807, 2.05) is 37.3 Å². The third-order valence-corrected chi connectivity index (χ3v) is 5.69. The van der Waals surface area contributed by atoms with Crippen molar-refractivity contribution in [1.82, 2.24) is 14.7 Å². The Morgan fingerprint density at radius 3 is 2.29 bits per heavy atom. The second-order valence-corrected chi connectivity index (χ2v) is 7.73. The van der Waals surface area contributed by atoms with Gasteiger partial charge < -0.3 is 9.80 Å². The number of hydrogen-bond donors (Lipinski definition) is 0. The van der Waals surface area contributed by atoms with Crippen molar-refractivity contribution in [1.29, 1.82) is 0 Å². The lowest BCUT2D eigenvalue weighted by molar-refractivity contribution is -0.126. The topological polar surface area (TPSA) is 58.4 Å². The summed E-state index contributed by atoms with van der Waals surface area (Å²) >= 11 is 0. The molecule has 1 aliphatic rings. The number of aryl methyl sites for hydroxylation is 1. The van der Waals surface area contributed by atoms with Gasteiger partial charge in [-0.1, -0.05) is 18.2 Å². The molecule has 0 N–H and O–H groups in total. The minimum Gasteiger partial charge on any atom is -0.370 e. The summed E-state index contributed by atoms with van der Waals surface area (Å²) in [6.07, 6.45) is 0.734. The van der Waals surface area contributed by atoms with Gasteiger partial charge in [0, 0.05) is 31.9 Å². The fourth-order valence-corrected chi connectivity index (χ4v) is 4.07. The van der Waals surface area contributed by atoms with Crippen LogP contribution in [0, 0.1) is 19.7 Å². The zero-order chi connectivity index (χ0) is 22.0. The maximum absolute atomic E-state index is 13.2. The smallest absolute Gasteiger partial charge is 0.295 e. The van der Waals surface area contributed by atoms with Gasteiger partial charge in [0.2, 0.25) is 0 Å². The van der Waals surface area contributed by atoms with E-state index in [0.29, 0.717) is 36.6 Å². The molecule has 3 aromatic rings. The highest BCUT2D eigenvalue weighted by Crippen LogP contribution is 2.21. The summed E-state index contributed by atoms with van der Waals surface area (Å²) in [5, 5.41) is 4.49. The summed E-state index contributed by atoms with van der Waals surface area (Å²) in [6.45, 7) is 5.84. The largest absolute Gasteiger partial charge is 0.370 e. The van der Waals surface area contributed by atoms with Crippen LogP contribution in [-0.4, -0.2) is 52.5 Å². The molecule has 0 bridgehead atoms. The van der Waals surface area contributed by atoms with Crippen molar-refractivity contribution < 1.29 is 14.0 Å². The first-order chi connectivity index (χ1) is 15.0. The van der Waals surface area contributed by atoms with E-state index in [0.717, 1.165) is 24.3 Å². The number of Topliss-reactive ketones (excluding diaryl/α,β-unsaturated/α-hetero) is 1. The predicted octanol–water partition coefficient (Wildman–Crippen LogP) is 3.55. The van der Waals surface area contributed by atoms with Crippen LogP contribution in [0.4, 0.5) is 10.1 Å². The Kier molecular flexibility index (Phi) is 5.84. The summed E-state index contributed by atoms with van der Waals surface area (Å²) in [7, 11) is 0. The Morgan fingerprint density at radius 1 is 0.871 bits per heavy atom. The van der Waals surface area contributed by atoms with Crippen molar-refractivity contribution in [3.05, 3.63) is 77.4 Å². The van der Waals surface area contributed by atoms with E-state index in [2.05, 4.69) is 10.00 Å². The van der Waals surface area contributed by atoms with E-state index < -0.39 is 11.7 Å². The summed E-state index contributed by atoms with van der Waals surface area (Å²) < 4.78 is 14.9. The number of ketones is 1. The van der Waals surface area contributed by atoms with Crippen molar-refractivity contribution in [3.8, 4) is 5.69 Å². The van der Waals surface area contributed by atoms with Crippen LogP contribution in [0.2, 0.25) is 0 Å². The minimum absolute atomic E-state index is 0.275. The number of benzene rings is 2. The lowest BCUT2D eigenvalue weighted by Crippen LogP contribution is -2.39. The van der Waals surface area contributed by atoms with Gasteiger partial charge in [0.15, 0.2) is 0 Å². The third kappa shape index (κ3) is 4.21. The maximum Gasteiger partial charge on any atom is 0.295 e. The molecule has 0 atom stereocenters. The van der Waals surface area contributed by atoms with Crippen molar-refractivity contribution in [2.75, 3.05) is 31.1 Å². The fourth-order valence-electron chi connectivity index (χ4n) is 4.07. The summed E-state index contributed by atoms with van der Waals surface area (Å²) in [5.74, 6) is -1.30. The van der Waals surface area contributed by atoms with Crippen LogP contribution in [0.5, 0.6) is 0 Å². The summed E-state index contributed by atoms with van der Waals surface area (Å²) in [4.78, 5) is 29.9. The Balaban J connectivity index is 1.50. The Labute approximate surface area is 180 Å². The maximum atomic E-state index is 13.2. The quantitative estimate of drug-likeness (QED) is 0.479. The lowest BCUT2D eigenvalue weighted by Gasteiger charge is -2.23. The molecule has 2 aromatic carbocycles. The number of hydrogen-bond acceptors (Lipinski definition) is 4. The van der Waals surface area contributed by atoms with Gasteiger partial charge in [-0.3, -0.25) is 9.59 Å². The summed E-state index contributed by atoms with van der Waals surface area (Å²) in [6, 6.07) is 15.9. The Morgan fingerprint density at radius 2 is 1.58 bits per heavy atom. The second-order valence-electron chi connectivity index (χ2n) is 7.73. The molecule has 0 unspecified atom stereocenters. The average Bonchev–Trinajstić information content (AvgIpc) is 2.94. The van der Waals surface area contributed by atoms with Gasteiger partial charge in [-0.15, -0.1) is 0 Å². The first-order valence-corrected chi connectivity index (χ1v) is 10.4. The SMILES string of the molecule is Cc1nn(-c2ccccc2)c(C)c1C(=O)C(=O)N1CCCN(c2ccc(F)cc2)CC1. The first kappa shape index (κ1) is 20.8. The number of nitrogens with zero attached hydrogens (tertiary/aromatic N) is 4. The van der Waals surface area contributed by atoms with E-state index in [1.165, 1.54) is 12.1 Å².